The van der Waals surface area contributed by atoms with E-state index in [1.165, 1.54) is 0 Å². The Kier molecular flexibility index (Phi) is 2.05. The second kappa shape index (κ2) is 3.84. The molecule has 0 spiro atoms. The Morgan fingerprint density at radius 3 is 2.68 bits per heavy atom. The molecule has 0 saturated heterocycles. The van der Waals surface area contributed by atoms with Gasteiger partial charge in [-0.05, 0) is 30.3 Å². The van der Waals surface area contributed by atoms with E-state index in [2.05, 4.69) is 20.2 Å². The summed E-state index contributed by atoms with van der Waals surface area (Å²) in [4.78, 5) is 7.74. The molecule has 0 unspecified atom stereocenters. The lowest BCUT2D eigenvalue weighted by atomic mass is 10.3. The predicted octanol–water partition coefficient (Wildman–Crippen LogP) is 3.21. The fourth-order valence-corrected chi connectivity index (χ4v) is 2.07. The number of nitrogens with zero attached hydrogens (tertiary/aromatic N) is 2. The smallest absolute Gasteiger partial charge is 0.174 e. The predicted molar refractivity (Wildman–Crippen MR) is 71.4 cm³/mol. The van der Waals surface area contributed by atoms with Crippen molar-refractivity contribution in [2.45, 2.75) is 0 Å². The van der Waals surface area contributed by atoms with Crippen LogP contribution in [0.2, 0.25) is 0 Å². The van der Waals surface area contributed by atoms with Gasteiger partial charge in [-0.25, -0.2) is 4.98 Å². The van der Waals surface area contributed by atoms with Crippen LogP contribution in [0.4, 0.5) is 0 Å². The molecular formula is C14H10N4O. The van der Waals surface area contributed by atoms with Crippen LogP contribution in [-0.2, 0) is 0 Å². The molecule has 3 aromatic heterocycles. The third-order valence-electron chi connectivity index (χ3n) is 2.99. The van der Waals surface area contributed by atoms with E-state index in [9.17, 15) is 0 Å². The summed E-state index contributed by atoms with van der Waals surface area (Å²) in [5.74, 6) is 2.18. The van der Waals surface area contributed by atoms with Crippen LogP contribution in [-0.4, -0.2) is 20.2 Å². The number of hydrogen-bond donors (Lipinski definition) is 2. The van der Waals surface area contributed by atoms with Gasteiger partial charge in [0.2, 0.25) is 0 Å². The van der Waals surface area contributed by atoms with Crippen molar-refractivity contribution in [3.05, 3.63) is 48.7 Å². The zero-order valence-electron chi connectivity index (χ0n) is 9.92. The number of benzene rings is 1. The first-order valence-corrected chi connectivity index (χ1v) is 5.95. The number of furan rings is 1. The van der Waals surface area contributed by atoms with Crippen LogP contribution in [0.15, 0.2) is 53.1 Å². The Balaban J connectivity index is 1.80. The summed E-state index contributed by atoms with van der Waals surface area (Å²) < 4.78 is 5.78. The van der Waals surface area contributed by atoms with Gasteiger partial charge in [-0.15, -0.1) is 0 Å². The molecule has 4 aromatic rings. The SMILES string of the molecule is c1ccc2[nH]c(-c3ccc(-c4ccn[nH]4)o3)nc2c1. The molecule has 0 aliphatic heterocycles. The number of aromatic amines is 2. The van der Waals surface area contributed by atoms with Crippen LogP contribution >= 0.6 is 0 Å². The second-order valence-electron chi connectivity index (χ2n) is 4.24. The molecule has 1 aromatic carbocycles. The third kappa shape index (κ3) is 1.63. The van der Waals surface area contributed by atoms with E-state index >= 15 is 0 Å². The summed E-state index contributed by atoms with van der Waals surface area (Å²) in [6, 6.07) is 13.6. The molecule has 2 N–H and O–H groups in total. The van der Waals surface area contributed by atoms with Gasteiger partial charge in [0.1, 0.15) is 5.69 Å². The van der Waals surface area contributed by atoms with Crippen LogP contribution in [0.1, 0.15) is 0 Å². The van der Waals surface area contributed by atoms with Crippen molar-refractivity contribution in [1.29, 1.82) is 0 Å². The van der Waals surface area contributed by atoms with Crippen LogP contribution in [0.5, 0.6) is 0 Å². The molecule has 0 bridgehead atoms. The summed E-state index contributed by atoms with van der Waals surface area (Å²) in [5.41, 5.74) is 2.77. The number of aromatic nitrogens is 4. The van der Waals surface area contributed by atoms with Crippen LogP contribution in [0, 0.1) is 0 Å². The van der Waals surface area contributed by atoms with Crippen molar-refractivity contribution in [2.24, 2.45) is 0 Å². The molecule has 92 valence electrons. The fraction of sp³-hybridized carbons (Fsp3) is 0. The molecule has 0 atom stereocenters. The van der Waals surface area contributed by atoms with Crippen molar-refractivity contribution in [1.82, 2.24) is 20.2 Å². The molecule has 5 nitrogen and oxygen atoms in total. The first kappa shape index (κ1) is 10.1. The van der Waals surface area contributed by atoms with Gasteiger partial charge in [0.25, 0.3) is 0 Å². The highest BCUT2D eigenvalue weighted by Gasteiger charge is 2.11. The van der Waals surface area contributed by atoms with Crippen molar-refractivity contribution in [3.63, 3.8) is 0 Å². The van der Waals surface area contributed by atoms with Crippen molar-refractivity contribution >= 4 is 11.0 Å². The molecule has 0 saturated carbocycles. The molecule has 3 heterocycles. The Bertz CT molecular complexity index is 793. The van der Waals surface area contributed by atoms with Gasteiger partial charge in [-0.2, -0.15) is 5.10 Å². The quantitative estimate of drug-likeness (QED) is 0.573. The summed E-state index contributed by atoms with van der Waals surface area (Å²) in [5, 5.41) is 6.78. The number of nitrogens with one attached hydrogen (secondary N) is 2. The van der Waals surface area contributed by atoms with Gasteiger partial charge in [0.15, 0.2) is 17.3 Å². The molecule has 0 aliphatic rings. The van der Waals surface area contributed by atoms with E-state index in [0.29, 0.717) is 5.76 Å². The number of imidazole rings is 1. The maximum absolute atomic E-state index is 5.78. The van der Waals surface area contributed by atoms with Gasteiger partial charge in [-0.1, -0.05) is 12.1 Å². The summed E-state index contributed by atoms with van der Waals surface area (Å²) in [6.07, 6.45) is 1.69. The highest BCUT2D eigenvalue weighted by atomic mass is 16.3. The molecule has 0 radical (unpaired) electrons. The monoisotopic (exact) mass is 250 g/mol. The van der Waals surface area contributed by atoms with Crippen molar-refractivity contribution in [2.75, 3.05) is 0 Å². The summed E-state index contributed by atoms with van der Waals surface area (Å²) in [6.45, 7) is 0. The number of H-pyrrole nitrogens is 2. The lowest BCUT2D eigenvalue weighted by Gasteiger charge is -1.91. The molecule has 19 heavy (non-hydrogen) atoms. The van der Waals surface area contributed by atoms with Crippen molar-refractivity contribution < 1.29 is 4.42 Å². The molecule has 4 rings (SSSR count). The molecule has 5 heteroatoms. The van der Waals surface area contributed by atoms with Gasteiger partial charge < -0.3 is 9.40 Å². The highest BCUT2D eigenvalue weighted by Crippen LogP contribution is 2.26. The number of rotatable bonds is 2. The normalized spacial score (nSPS) is 11.2. The van der Waals surface area contributed by atoms with E-state index < -0.39 is 0 Å². The minimum Gasteiger partial charge on any atom is -0.451 e. The van der Waals surface area contributed by atoms with Gasteiger partial charge >= 0.3 is 0 Å². The fourth-order valence-electron chi connectivity index (χ4n) is 2.07. The highest BCUT2D eigenvalue weighted by molar-refractivity contribution is 5.78. The summed E-state index contributed by atoms with van der Waals surface area (Å²) in [7, 11) is 0. The molecule has 0 amide bonds. The van der Waals surface area contributed by atoms with Gasteiger partial charge in [-0.3, -0.25) is 5.10 Å². The van der Waals surface area contributed by atoms with Crippen LogP contribution < -0.4 is 0 Å². The Labute approximate surface area is 108 Å². The van der Waals surface area contributed by atoms with E-state index in [0.717, 1.165) is 28.3 Å². The standard InChI is InChI=1S/C14H10N4O/c1-2-4-10-9(3-1)16-14(17-10)13-6-5-12(19-13)11-7-8-15-18-11/h1-8H,(H,15,18)(H,16,17). The zero-order valence-corrected chi connectivity index (χ0v) is 9.92. The van der Waals surface area contributed by atoms with Crippen LogP contribution in [0.25, 0.3) is 34.1 Å². The molecular weight excluding hydrogens is 240 g/mol. The van der Waals surface area contributed by atoms with Gasteiger partial charge in [0, 0.05) is 6.20 Å². The minimum atomic E-state index is 0.709. The van der Waals surface area contributed by atoms with Gasteiger partial charge in [0.05, 0.1) is 11.0 Å². The van der Waals surface area contributed by atoms with E-state index in [4.69, 9.17) is 4.42 Å². The Hall–Kier alpha value is -2.82. The first-order chi connectivity index (χ1) is 9.40. The average Bonchev–Trinajstić information content (AvgIpc) is 3.17. The topological polar surface area (TPSA) is 70.5 Å². The average molecular weight is 250 g/mol. The van der Waals surface area contributed by atoms with E-state index in [-0.39, 0.29) is 0 Å². The minimum absolute atomic E-state index is 0.709. The Morgan fingerprint density at radius 1 is 0.947 bits per heavy atom. The zero-order chi connectivity index (χ0) is 12.7. The number of para-hydroxylation sites is 2. The lowest BCUT2D eigenvalue weighted by Crippen LogP contribution is -1.75. The maximum Gasteiger partial charge on any atom is 0.174 e. The van der Waals surface area contributed by atoms with E-state index in [1.54, 1.807) is 6.20 Å². The largest absolute Gasteiger partial charge is 0.451 e. The lowest BCUT2D eigenvalue weighted by molar-refractivity contribution is 0.590. The summed E-state index contributed by atoms with van der Waals surface area (Å²) >= 11 is 0. The molecule has 0 fully saturated rings. The molecule has 0 aliphatic carbocycles. The van der Waals surface area contributed by atoms with E-state index in [1.807, 2.05) is 42.5 Å². The second-order valence-corrected chi connectivity index (χ2v) is 4.24. The number of fused-ring (bicyclic) bond motifs is 1. The van der Waals surface area contributed by atoms with Crippen molar-refractivity contribution in [3.8, 4) is 23.0 Å². The maximum atomic E-state index is 5.78. The number of hydrogen-bond acceptors (Lipinski definition) is 3. The van der Waals surface area contributed by atoms with Crippen LogP contribution in [0.3, 0.4) is 0 Å². The Morgan fingerprint density at radius 2 is 1.84 bits per heavy atom. The first-order valence-electron chi connectivity index (χ1n) is 5.95. The third-order valence-corrected chi connectivity index (χ3v) is 2.99.